The monoisotopic (exact) mass is 235 g/mol. The standard InChI is InChI=1S/C14H21NO2/c1-3-13(16)10-15-14(17)9-8-12-7-5-4-6-11(12)2/h4-7,13,16H,3,8-10H2,1-2H3,(H,15,17). The maximum absolute atomic E-state index is 11.5. The molecule has 3 heteroatoms. The summed E-state index contributed by atoms with van der Waals surface area (Å²) in [7, 11) is 0. The molecule has 0 aliphatic heterocycles. The second-order valence-corrected chi connectivity index (χ2v) is 4.29. The Balaban J connectivity index is 2.31. The first-order valence-electron chi connectivity index (χ1n) is 6.12. The molecular formula is C14H21NO2. The van der Waals surface area contributed by atoms with Crippen LogP contribution in [0.25, 0.3) is 0 Å². The zero-order chi connectivity index (χ0) is 12.7. The van der Waals surface area contributed by atoms with Gasteiger partial charge in [-0.15, -0.1) is 0 Å². The van der Waals surface area contributed by atoms with E-state index in [1.807, 2.05) is 38.1 Å². The number of carbonyl (C=O) groups excluding carboxylic acids is 1. The van der Waals surface area contributed by atoms with Crippen LogP contribution in [0.15, 0.2) is 24.3 Å². The molecule has 1 rings (SSSR count). The Morgan fingerprint density at radius 3 is 2.76 bits per heavy atom. The zero-order valence-corrected chi connectivity index (χ0v) is 10.6. The van der Waals surface area contributed by atoms with Crippen molar-refractivity contribution in [1.82, 2.24) is 5.32 Å². The fourth-order valence-corrected chi connectivity index (χ4v) is 1.60. The van der Waals surface area contributed by atoms with Crippen molar-refractivity contribution >= 4 is 5.91 Å². The summed E-state index contributed by atoms with van der Waals surface area (Å²) in [6, 6.07) is 8.08. The van der Waals surface area contributed by atoms with E-state index in [4.69, 9.17) is 0 Å². The molecule has 0 spiro atoms. The number of hydrogen-bond donors (Lipinski definition) is 2. The van der Waals surface area contributed by atoms with Crippen molar-refractivity contribution in [3.63, 3.8) is 0 Å². The van der Waals surface area contributed by atoms with Gasteiger partial charge in [-0.25, -0.2) is 0 Å². The SMILES string of the molecule is CCC(O)CNC(=O)CCc1ccccc1C. The van der Waals surface area contributed by atoms with Crippen LogP contribution in [0.3, 0.4) is 0 Å². The van der Waals surface area contributed by atoms with Gasteiger partial charge in [0.2, 0.25) is 5.91 Å². The molecule has 1 aromatic rings. The molecule has 0 saturated heterocycles. The van der Waals surface area contributed by atoms with Gasteiger partial charge >= 0.3 is 0 Å². The van der Waals surface area contributed by atoms with Crippen LogP contribution in [-0.4, -0.2) is 23.7 Å². The molecule has 0 aliphatic rings. The Hall–Kier alpha value is -1.35. The molecule has 0 radical (unpaired) electrons. The predicted octanol–water partition coefficient (Wildman–Crippen LogP) is 1.81. The maximum Gasteiger partial charge on any atom is 0.220 e. The third kappa shape index (κ3) is 5.00. The summed E-state index contributed by atoms with van der Waals surface area (Å²) in [6.45, 7) is 4.29. The number of carbonyl (C=O) groups is 1. The first-order valence-corrected chi connectivity index (χ1v) is 6.12. The number of rotatable bonds is 6. The average molecular weight is 235 g/mol. The molecule has 1 unspecified atom stereocenters. The molecule has 0 aliphatic carbocycles. The van der Waals surface area contributed by atoms with Crippen molar-refractivity contribution < 1.29 is 9.90 Å². The van der Waals surface area contributed by atoms with Crippen molar-refractivity contribution in [2.75, 3.05) is 6.54 Å². The lowest BCUT2D eigenvalue weighted by Crippen LogP contribution is -2.31. The van der Waals surface area contributed by atoms with Crippen molar-refractivity contribution in [3.05, 3.63) is 35.4 Å². The summed E-state index contributed by atoms with van der Waals surface area (Å²) >= 11 is 0. The molecular weight excluding hydrogens is 214 g/mol. The molecule has 0 fully saturated rings. The highest BCUT2D eigenvalue weighted by molar-refractivity contribution is 5.76. The van der Waals surface area contributed by atoms with E-state index in [1.165, 1.54) is 11.1 Å². The number of amides is 1. The molecule has 0 heterocycles. The minimum Gasteiger partial charge on any atom is -0.391 e. The number of aryl methyl sites for hydroxylation is 2. The summed E-state index contributed by atoms with van der Waals surface area (Å²) in [5, 5.41) is 12.1. The van der Waals surface area contributed by atoms with E-state index in [1.54, 1.807) is 0 Å². The molecule has 1 atom stereocenters. The molecule has 1 amide bonds. The quantitative estimate of drug-likeness (QED) is 0.790. The second-order valence-electron chi connectivity index (χ2n) is 4.29. The van der Waals surface area contributed by atoms with E-state index in [-0.39, 0.29) is 5.91 Å². The molecule has 0 aromatic heterocycles. The number of aliphatic hydroxyl groups is 1. The maximum atomic E-state index is 11.5. The summed E-state index contributed by atoms with van der Waals surface area (Å²) < 4.78 is 0. The Labute approximate surface area is 103 Å². The van der Waals surface area contributed by atoms with Crippen molar-refractivity contribution in [1.29, 1.82) is 0 Å². The highest BCUT2D eigenvalue weighted by atomic mass is 16.3. The molecule has 1 aromatic carbocycles. The first kappa shape index (κ1) is 13.7. The summed E-state index contributed by atoms with van der Waals surface area (Å²) in [6.07, 6.45) is 1.46. The van der Waals surface area contributed by atoms with Gasteiger partial charge < -0.3 is 10.4 Å². The van der Waals surface area contributed by atoms with Crippen molar-refractivity contribution in [2.24, 2.45) is 0 Å². The van der Waals surface area contributed by atoms with Crippen LogP contribution in [0.5, 0.6) is 0 Å². The third-order valence-corrected chi connectivity index (χ3v) is 2.89. The van der Waals surface area contributed by atoms with Gasteiger partial charge in [0.25, 0.3) is 0 Å². The van der Waals surface area contributed by atoms with E-state index in [9.17, 15) is 9.90 Å². The van der Waals surface area contributed by atoms with Gasteiger partial charge in [0.15, 0.2) is 0 Å². The van der Waals surface area contributed by atoms with Crippen LogP contribution in [0.1, 0.15) is 30.9 Å². The van der Waals surface area contributed by atoms with Gasteiger partial charge in [-0.05, 0) is 30.9 Å². The van der Waals surface area contributed by atoms with Crippen LogP contribution in [0.2, 0.25) is 0 Å². The van der Waals surface area contributed by atoms with Gasteiger partial charge in [-0.3, -0.25) is 4.79 Å². The fourth-order valence-electron chi connectivity index (χ4n) is 1.60. The predicted molar refractivity (Wildman–Crippen MR) is 68.8 cm³/mol. The lowest BCUT2D eigenvalue weighted by molar-refractivity contribution is -0.121. The number of aliphatic hydroxyl groups excluding tert-OH is 1. The van der Waals surface area contributed by atoms with Crippen molar-refractivity contribution in [3.8, 4) is 0 Å². The van der Waals surface area contributed by atoms with E-state index in [2.05, 4.69) is 5.32 Å². The summed E-state index contributed by atoms with van der Waals surface area (Å²) in [5.74, 6) is 0.000697. The molecule has 17 heavy (non-hydrogen) atoms. The number of hydrogen-bond acceptors (Lipinski definition) is 2. The molecule has 0 saturated carbocycles. The third-order valence-electron chi connectivity index (χ3n) is 2.89. The summed E-state index contributed by atoms with van der Waals surface area (Å²) in [5.41, 5.74) is 2.42. The Morgan fingerprint density at radius 2 is 2.12 bits per heavy atom. The number of benzene rings is 1. The lowest BCUT2D eigenvalue weighted by atomic mass is 10.0. The van der Waals surface area contributed by atoms with Crippen molar-refractivity contribution in [2.45, 2.75) is 39.2 Å². The minimum atomic E-state index is -0.433. The van der Waals surface area contributed by atoms with Gasteiger partial charge in [0.05, 0.1) is 6.10 Å². The average Bonchev–Trinajstić information content (AvgIpc) is 2.35. The highest BCUT2D eigenvalue weighted by Gasteiger charge is 2.06. The lowest BCUT2D eigenvalue weighted by Gasteiger charge is -2.10. The van der Waals surface area contributed by atoms with Crippen LogP contribution < -0.4 is 5.32 Å². The fraction of sp³-hybridized carbons (Fsp3) is 0.500. The normalized spacial score (nSPS) is 12.2. The first-order chi connectivity index (χ1) is 8.13. The summed E-state index contributed by atoms with van der Waals surface area (Å²) in [4.78, 5) is 11.5. The largest absolute Gasteiger partial charge is 0.391 e. The van der Waals surface area contributed by atoms with E-state index in [0.29, 0.717) is 19.4 Å². The van der Waals surface area contributed by atoms with Gasteiger partial charge in [-0.1, -0.05) is 31.2 Å². The topological polar surface area (TPSA) is 49.3 Å². The van der Waals surface area contributed by atoms with Crippen LogP contribution in [0, 0.1) is 6.92 Å². The van der Waals surface area contributed by atoms with Gasteiger partial charge in [0, 0.05) is 13.0 Å². The van der Waals surface area contributed by atoms with E-state index in [0.717, 1.165) is 6.42 Å². The Kier molecular flexibility index (Phi) is 5.70. The van der Waals surface area contributed by atoms with E-state index < -0.39 is 6.10 Å². The van der Waals surface area contributed by atoms with Gasteiger partial charge in [0.1, 0.15) is 0 Å². The highest BCUT2D eigenvalue weighted by Crippen LogP contribution is 2.09. The Bertz CT molecular complexity index is 363. The Morgan fingerprint density at radius 1 is 1.41 bits per heavy atom. The second kappa shape index (κ2) is 7.07. The zero-order valence-electron chi connectivity index (χ0n) is 10.6. The molecule has 0 bridgehead atoms. The molecule has 3 nitrogen and oxygen atoms in total. The van der Waals surface area contributed by atoms with Gasteiger partial charge in [-0.2, -0.15) is 0 Å². The smallest absolute Gasteiger partial charge is 0.220 e. The number of nitrogens with one attached hydrogen (secondary N) is 1. The van der Waals surface area contributed by atoms with Crippen LogP contribution in [-0.2, 0) is 11.2 Å². The van der Waals surface area contributed by atoms with E-state index >= 15 is 0 Å². The molecule has 94 valence electrons. The van der Waals surface area contributed by atoms with Crippen LogP contribution in [0.4, 0.5) is 0 Å². The van der Waals surface area contributed by atoms with Crippen LogP contribution >= 0.6 is 0 Å². The minimum absolute atomic E-state index is 0.000697. The molecule has 2 N–H and O–H groups in total.